The highest BCUT2D eigenvalue weighted by Gasteiger charge is 2.15. The minimum Gasteiger partial charge on any atom is -0.474 e. The van der Waals surface area contributed by atoms with Gasteiger partial charge in [-0.05, 0) is 39.3 Å². The van der Waals surface area contributed by atoms with E-state index in [1.807, 2.05) is 51.1 Å². The molecule has 0 unspecified atom stereocenters. The van der Waals surface area contributed by atoms with Crippen LogP contribution in [0.2, 0.25) is 0 Å². The molecule has 1 N–H and O–H groups in total. The Hall–Kier alpha value is -1.77. The summed E-state index contributed by atoms with van der Waals surface area (Å²) in [5, 5.41) is 2.99. The first-order chi connectivity index (χ1) is 8.40. The first-order valence-electron chi connectivity index (χ1n) is 6.04. The van der Waals surface area contributed by atoms with Crippen molar-refractivity contribution in [1.82, 2.24) is 5.32 Å². The van der Waals surface area contributed by atoms with Gasteiger partial charge in [0.25, 0.3) is 0 Å². The summed E-state index contributed by atoms with van der Waals surface area (Å²) in [7, 11) is 0. The highest BCUT2D eigenvalue weighted by molar-refractivity contribution is 5.58. The molecule has 0 aliphatic carbocycles. The van der Waals surface area contributed by atoms with Crippen molar-refractivity contribution in [2.24, 2.45) is 0 Å². The van der Waals surface area contributed by atoms with Gasteiger partial charge in [-0.2, -0.15) is 0 Å². The maximum atomic E-state index is 11.1. The van der Waals surface area contributed by atoms with Crippen LogP contribution in [-0.2, 0) is 16.0 Å². The topological polar surface area (TPSA) is 38.3 Å². The van der Waals surface area contributed by atoms with Gasteiger partial charge in [-0.3, -0.25) is 0 Å². The van der Waals surface area contributed by atoms with E-state index in [2.05, 4.69) is 11.9 Å². The molecule has 0 aliphatic heterocycles. The summed E-state index contributed by atoms with van der Waals surface area (Å²) in [4.78, 5) is 11.1. The van der Waals surface area contributed by atoms with Gasteiger partial charge in [0.2, 0.25) is 0 Å². The summed E-state index contributed by atoms with van der Waals surface area (Å²) < 4.78 is 5.54. The van der Waals surface area contributed by atoms with E-state index in [1.54, 1.807) is 0 Å². The van der Waals surface area contributed by atoms with E-state index in [-0.39, 0.29) is 11.6 Å². The molecule has 0 aromatic heterocycles. The molecular weight excluding hydrogens is 226 g/mol. The van der Waals surface area contributed by atoms with E-state index in [4.69, 9.17) is 4.74 Å². The van der Waals surface area contributed by atoms with Crippen LogP contribution in [0.15, 0.2) is 42.8 Å². The van der Waals surface area contributed by atoms with Crippen molar-refractivity contribution in [3.63, 3.8) is 0 Å². The number of carbonyl (C=O) groups is 1. The smallest absolute Gasteiger partial charge is 0.180 e. The van der Waals surface area contributed by atoms with Crippen molar-refractivity contribution in [3.8, 4) is 0 Å². The van der Waals surface area contributed by atoms with Crippen molar-refractivity contribution in [2.45, 2.75) is 38.8 Å². The molecule has 1 aromatic rings. The van der Waals surface area contributed by atoms with Crippen LogP contribution in [0.4, 0.5) is 0 Å². The van der Waals surface area contributed by atoms with E-state index < -0.39 is 0 Å². The van der Waals surface area contributed by atoms with E-state index in [1.165, 1.54) is 0 Å². The molecule has 0 aliphatic rings. The van der Waals surface area contributed by atoms with Gasteiger partial charge in [-0.1, -0.05) is 30.3 Å². The Balaban J connectivity index is 2.53. The van der Waals surface area contributed by atoms with E-state index >= 15 is 0 Å². The Kier molecular flexibility index (Phi) is 4.95. The molecule has 0 spiro atoms. The van der Waals surface area contributed by atoms with Crippen LogP contribution in [0.5, 0.6) is 0 Å². The number of carbonyl (C=O) groups excluding carboxylic acids is 1. The largest absolute Gasteiger partial charge is 0.474 e. The SMILES string of the molecule is C=C(N[C@@H](C=O)Cc1ccccc1)OC(C)(C)C. The number of hydrogen-bond donors (Lipinski definition) is 1. The predicted octanol–water partition coefficient (Wildman–Crippen LogP) is 2.67. The lowest BCUT2D eigenvalue weighted by Gasteiger charge is -2.25. The maximum Gasteiger partial charge on any atom is 0.180 e. The Morgan fingerprint density at radius 1 is 1.39 bits per heavy atom. The minimum atomic E-state index is -0.317. The zero-order valence-corrected chi connectivity index (χ0v) is 11.3. The Bertz CT molecular complexity index is 393. The van der Waals surface area contributed by atoms with Crippen LogP contribution in [0.1, 0.15) is 26.3 Å². The molecular formula is C15H21NO2. The van der Waals surface area contributed by atoms with Crippen LogP contribution < -0.4 is 5.32 Å². The fourth-order valence-electron chi connectivity index (χ4n) is 1.61. The van der Waals surface area contributed by atoms with Gasteiger partial charge >= 0.3 is 0 Å². The molecule has 3 heteroatoms. The lowest BCUT2D eigenvalue weighted by atomic mass is 10.1. The average molecular weight is 247 g/mol. The van der Waals surface area contributed by atoms with Crippen LogP contribution in [0.25, 0.3) is 0 Å². The zero-order chi connectivity index (χ0) is 13.6. The van der Waals surface area contributed by atoms with E-state index in [0.29, 0.717) is 12.3 Å². The van der Waals surface area contributed by atoms with E-state index in [9.17, 15) is 4.79 Å². The molecule has 0 bridgehead atoms. The molecule has 0 radical (unpaired) electrons. The molecule has 3 nitrogen and oxygen atoms in total. The maximum absolute atomic E-state index is 11.1. The molecule has 1 atom stereocenters. The molecule has 0 saturated heterocycles. The highest BCUT2D eigenvalue weighted by Crippen LogP contribution is 2.11. The van der Waals surface area contributed by atoms with Gasteiger partial charge in [0.05, 0.1) is 6.04 Å². The van der Waals surface area contributed by atoms with Crippen molar-refractivity contribution in [3.05, 3.63) is 48.4 Å². The first-order valence-corrected chi connectivity index (χ1v) is 6.04. The van der Waals surface area contributed by atoms with Gasteiger partial charge in [-0.15, -0.1) is 0 Å². The molecule has 18 heavy (non-hydrogen) atoms. The summed E-state index contributed by atoms with van der Waals surface area (Å²) in [5.74, 6) is 0.426. The Labute approximate surface area is 109 Å². The molecule has 1 aromatic carbocycles. The normalized spacial score (nSPS) is 12.6. The van der Waals surface area contributed by atoms with Crippen molar-refractivity contribution in [1.29, 1.82) is 0 Å². The summed E-state index contributed by atoms with van der Waals surface area (Å²) >= 11 is 0. The van der Waals surface area contributed by atoms with Gasteiger partial charge in [0.1, 0.15) is 11.9 Å². The Morgan fingerprint density at radius 3 is 2.50 bits per heavy atom. The van der Waals surface area contributed by atoms with Gasteiger partial charge < -0.3 is 14.8 Å². The van der Waals surface area contributed by atoms with Crippen LogP contribution >= 0.6 is 0 Å². The van der Waals surface area contributed by atoms with Crippen molar-refractivity contribution < 1.29 is 9.53 Å². The second-order valence-corrected chi connectivity index (χ2v) is 5.21. The second-order valence-electron chi connectivity index (χ2n) is 5.21. The van der Waals surface area contributed by atoms with Gasteiger partial charge in [-0.25, -0.2) is 0 Å². The number of aldehydes is 1. The number of nitrogens with one attached hydrogen (secondary N) is 1. The van der Waals surface area contributed by atoms with Crippen LogP contribution in [-0.4, -0.2) is 17.9 Å². The second kappa shape index (κ2) is 6.24. The molecule has 0 saturated carbocycles. The molecule has 98 valence electrons. The van der Waals surface area contributed by atoms with Gasteiger partial charge in [0.15, 0.2) is 5.88 Å². The molecule has 1 rings (SSSR count). The third kappa shape index (κ3) is 5.53. The summed E-state index contributed by atoms with van der Waals surface area (Å²) in [6.07, 6.45) is 1.50. The predicted molar refractivity (Wildman–Crippen MR) is 73.1 cm³/mol. The van der Waals surface area contributed by atoms with Crippen molar-refractivity contribution in [2.75, 3.05) is 0 Å². The lowest BCUT2D eigenvalue weighted by molar-refractivity contribution is -0.109. The lowest BCUT2D eigenvalue weighted by Crippen LogP contribution is -2.35. The monoisotopic (exact) mass is 247 g/mol. The summed E-state index contributed by atoms with van der Waals surface area (Å²) in [6.45, 7) is 9.59. The standard InChI is InChI=1S/C15H21NO2/c1-12(18-15(2,3)4)16-14(11-17)10-13-8-6-5-7-9-13/h5-9,11,14,16H,1,10H2,2-4H3/t14-/m1/s1. The zero-order valence-electron chi connectivity index (χ0n) is 11.3. The highest BCUT2D eigenvalue weighted by atomic mass is 16.5. The van der Waals surface area contributed by atoms with Crippen molar-refractivity contribution >= 4 is 6.29 Å². The van der Waals surface area contributed by atoms with Crippen LogP contribution in [0.3, 0.4) is 0 Å². The minimum absolute atomic E-state index is 0.315. The summed E-state index contributed by atoms with van der Waals surface area (Å²) in [6, 6.07) is 9.53. The van der Waals surface area contributed by atoms with Gasteiger partial charge in [0, 0.05) is 0 Å². The number of rotatable bonds is 6. The number of benzene rings is 1. The first kappa shape index (κ1) is 14.3. The number of hydrogen-bond acceptors (Lipinski definition) is 3. The quantitative estimate of drug-likeness (QED) is 0.620. The Morgan fingerprint density at radius 2 is 2.00 bits per heavy atom. The third-order valence-corrected chi connectivity index (χ3v) is 2.24. The fraction of sp³-hybridized carbons (Fsp3) is 0.400. The molecule has 0 fully saturated rings. The molecule has 0 amide bonds. The van der Waals surface area contributed by atoms with E-state index in [0.717, 1.165) is 11.8 Å². The summed E-state index contributed by atoms with van der Waals surface area (Å²) in [5.41, 5.74) is 0.787. The fourth-order valence-corrected chi connectivity index (χ4v) is 1.61. The third-order valence-electron chi connectivity index (χ3n) is 2.24. The number of ether oxygens (including phenoxy) is 1. The molecule has 0 heterocycles. The average Bonchev–Trinajstić information content (AvgIpc) is 2.27. The van der Waals surface area contributed by atoms with Crippen LogP contribution in [0, 0.1) is 0 Å².